The molecule has 0 aliphatic carbocycles. The Morgan fingerprint density at radius 3 is 1.29 bits per heavy atom. The van der Waals surface area contributed by atoms with Crippen molar-refractivity contribution in [1.82, 2.24) is 9.80 Å². The molecule has 34 heavy (non-hydrogen) atoms. The maximum Gasteiger partial charge on any atom is 0.352 e. The minimum atomic E-state index is -5.29. The number of carbonyl (C=O) groups excluding carboxylic acids is 4. The van der Waals surface area contributed by atoms with Crippen LogP contribution in [0.5, 0.6) is 0 Å². The van der Waals surface area contributed by atoms with Crippen LogP contribution in [0.4, 0.5) is 0 Å². The Hall–Kier alpha value is -3.04. The largest absolute Gasteiger partial charge is 0.481 e. The van der Waals surface area contributed by atoms with Gasteiger partial charge in [0.05, 0.1) is 32.5 Å². The smallest absolute Gasteiger partial charge is 0.352 e. The Morgan fingerprint density at radius 1 is 0.794 bits per heavy atom. The Kier molecular flexibility index (Phi) is 8.58. The van der Waals surface area contributed by atoms with Crippen LogP contribution in [0.25, 0.3) is 0 Å². The van der Waals surface area contributed by atoms with Crippen LogP contribution in [0.15, 0.2) is 0 Å². The molecule has 0 spiro atoms. The average Bonchev–Trinajstić information content (AvgIpc) is 3.15. The molecule has 18 nitrogen and oxygen atoms in total. The first-order chi connectivity index (χ1) is 15.4. The fourth-order valence-corrected chi connectivity index (χ4v) is 4.61. The van der Waals surface area contributed by atoms with Crippen molar-refractivity contribution in [3.8, 4) is 0 Å². The Morgan fingerprint density at radius 2 is 1.12 bits per heavy atom. The molecule has 2 aliphatic rings. The minimum absolute atomic E-state index is 0.125. The lowest BCUT2D eigenvalue weighted by Crippen LogP contribution is -2.70. The van der Waals surface area contributed by atoms with Gasteiger partial charge in [-0.25, -0.2) is 14.6 Å². The van der Waals surface area contributed by atoms with Crippen molar-refractivity contribution in [2.24, 2.45) is 0 Å². The number of aliphatic hydroxyl groups is 2. The van der Waals surface area contributed by atoms with Crippen molar-refractivity contribution in [2.45, 2.75) is 35.4 Å². The van der Waals surface area contributed by atoms with Crippen molar-refractivity contribution in [2.75, 3.05) is 13.2 Å². The van der Waals surface area contributed by atoms with E-state index >= 15 is 0 Å². The van der Waals surface area contributed by atoms with E-state index in [2.05, 4.69) is 0 Å². The van der Waals surface area contributed by atoms with Gasteiger partial charge in [0.1, 0.15) is 0 Å². The van der Waals surface area contributed by atoms with Gasteiger partial charge >= 0.3 is 11.9 Å². The van der Waals surface area contributed by atoms with Gasteiger partial charge in [0.2, 0.25) is 17.5 Å². The molecule has 20 heteroatoms. The van der Waals surface area contributed by atoms with Crippen LogP contribution >= 0.6 is 0 Å². The number of carboxylic acids is 2. The maximum atomic E-state index is 12.4. The third kappa shape index (κ3) is 5.37. The van der Waals surface area contributed by atoms with E-state index in [4.69, 9.17) is 24.4 Å². The number of likely N-dealkylation sites (tertiary alicyclic amines) is 2. The first-order valence-electron chi connectivity index (χ1n) is 8.71. The van der Waals surface area contributed by atoms with E-state index in [0.717, 1.165) is 0 Å². The highest BCUT2D eigenvalue weighted by Gasteiger charge is 2.67. The summed E-state index contributed by atoms with van der Waals surface area (Å²) in [5, 5.41) is 28.9. The average molecular weight is 534 g/mol. The van der Waals surface area contributed by atoms with Crippen LogP contribution in [0.1, 0.15) is 19.3 Å². The lowest BCUT2D eigenvalue weighted by molar-refractivity contribution is -0.185. The SMILES string of the molecule is O=C(O)CC(C(=O)O)(N1C(=O)CC(S(=O)(=O)O)C1=O)N1C(=O)CC(S(=O)(=O)O)C1=O.OCCO. The van der Waals surface area contributed by atoms with E-state index < -0.39 is 101 Å². The second-order valence-electron chi connectivity index (χ2n) is 6.69. The summed E-state index contributed by atoms with van der Waals surface area (Å²) in [6.45, 7) is -0.250. The van der Waals surface area contributed by atoms with Gasteiger partial charge in [0.25, 0.3) is 32.1 Å². The molecule has 4 amide bonds. The number of carbonyl (C=O) groups is 6. The van der Waals surface area contributed by atoms with Crippen LogP contribution in [-0.2, 0) is 49.0 Å². The molecular weight excluding hydrogens is 516 g/mol. The highest BCUT2D eigenvalue weighted by Crippen LogP contribution is 2.37. The summed E-state index contributed by atoms with van der Waals surface area (Å²) in [5.74, 6) is -11.8. The van der Waals surface area contributed by atoms with Crippen LogP contribution in [0.3, 0.4) is 0 Å². The quantitative estimate of drug-likeness (QED) is 0.126. The molecular formula is C14H18N2O16S2. The molecule has 2 atom stereocenters. The fraction of sp³-hybridized carbons (Fsp3) is 0.571. The zero-order valence-electron chi connectivity index (χ0n) is 16.7. The zero-order chi connectivity index (χ0) is 26.8. The molecule has 6 N–H and O–H groups in total. The first-order valence-corrected chi connectivity index (χ1v) is 11.7. The summed E-state index contributed by atoms with van der Waals surface area (Å²) < 4.78 is 63.4. The van der Waals surface area contributed by atoms with Crippen molar-refractivity contribution in [1.29, 1.82) is 0 Å². The van der Waals surface area contributed by atoms with E-state index in [0.29, 0.717) is 0 Å². The zero-order valence-corrected chi connectivity index (χ0v) is 18.3. The number of aliphatic carboxylic acids is 2. The summed E-state index contributed by atoms with van der Waals surface area (Å²) in [6.07, 6.45) is -4.54. The normalized spacial score (nSPS) is 22.9. The molecule has 0 aromatic heterocycles. The van der Waals surface area contributed by atoms with Crippen LogP contribution < -0.4 is 0 Å². The molecule has 0 saturated carbocycles. The second-order valence-corrected chi connectivity index (χ2v) is 9.89. The summed E-state index contributed by atoms with van der Waals surface area (Å²) in [5.41, 5.74) is -3.70. The monoisotopic (exact) mass is 534 g/mol. The Labute approximate surface area is 189 Å². The number of hydrogen-bond acceptors (Lipinski definition) is 12. The van der Waals surface area contributed by atoms with Crippen LogP contribution in [-0.4, -0.2) is 121 Å². The standard InChI is InChI=1S/C12H12N2O14S2.C2H6O2/c15-6-1-4(29(23,24)25)9(19)13(6)12(11(21)22,3-8(17)18)14-7(16)2-5(10(14)20)30(26,27)28;3-1-2-4/h4-5H,1-3H2,(H,17,18)(H,21,22)(H,23,24,25)(H,26,27,28);3-4H,1-2H2. The van der Waals surface area contributed by atoms with Crippen molar-refractivity contribution in [3.63, 3.8) is 0 Å². The molecule has 2 unspecified atom stereocenters. The van der Waals surface area contributed by atoms with Gasteiger partial charge in [0, 0.05) is 0 Å². The lowest BCUT2D eigenvalue weighted by atomic mass is 10.0. The van der Waals surface area contributed by atoms with E-state index in [9.17, 15) is 50.7 Å². The maximum absolute atomic E-state index is 12.4. The van der Waals surface area contributed by atoms with Gasteiger partial charge in [-0.1, -0.05) is 0 Å². The third-order valence-electron chi connectivity index (χ3n) is 4.51. The van der Waals surface area contributed by atoms with Crippen molar-refractivity contribution >= 4 is 55.8 Å². The fourth-order valence-electron chi connectivity index (χ4n) is 3.19. The number of hydrogen-bond donors (Lipinski definition) is 6. The molecule has 0 radical (unpaired) electrons. The van der Waals surface area contributed by atoms with Gasteiger partial charge in [0.15, 0.2) is 10.5 Å². The molecule has 0 bridgehead atoms. The summed E-state index contributed by atoms with van der Waals surface area (Å²) in [4.78, 5) is 71.8. The summed E-state index contributed by atoms with van der Waals surface area (Å²) in [6, 6.07) is 0. The highest BCUT2D eigenvalue weighted by molar-refractivity contribution is 7.87. The third-order valence-corrected chi connectivity index (χ3v) is 6.68. The molecule has 2 saturated heterocycles. The van der Waals surface area contributed by atoms with Gasteiger partial charge < -0.3 is 20.4 Å². The topological polar surface area (TPSA) is 299 Å². The first kappa shape index (κ1) is 29.0. The summed E-state index contributed by atoms with van der Waals surface area (Å²) in [7, 11) is -10.6. The van der Waals surface area contributed by atoms with Crippen molar-refractivity contribution < 1.29 is 75.1 Å². The molecule has 192 valence electrons. The number of aliphatic hydroxyl groups excluding tert-OH is 2. The van der Waals surface area contributed by atoms with E-state index in [1.807, 2.05) is 0 Å². The number of amides is 4. The Balaban J connectivity index is 0.00000133. The number of carboxylic acid groups (broad SMARTS) is 2. The van der Waals surface area contributed by atoms with Gasteiger partial charge in [-0.05, 0) is 0 Å². The predicted octanol–water partition coefficient (Wildman–Crippen LogP) is -4.76. The molecule has 0 aromatic carbocycles. The molecule has 2 aliphatic heterocycles. The highest BCUT2D eigenvalue weighted by atomic mass is 32.2. The van der Waals surface area contributed by atoms with Gasteiger partial charge in [-0.3, -0.25) is 33.1 Å². The molecule has 2 rings (SSSR count). The Bertz CT molecular complexity index is 1050. The summed E-state index contributed by atoms with van der Waals surface area (Å²) >= 11 is 0. The van der Waals surface area contributed by atoms with Crippen molar-refractivity contribution in [3.05, 3.63) is 0 Å². The van der Waals surface area contributed by atoms with Crippen LogP contribution in [0.2, 0.25) is 0 Å². The second kappa shape index (κ2) is 10.1. The van der Waals surface area contributed by atoms with Gasteiger partial charge in [-0.2, -0.15) is 16.8 Å². The molecule has 2 fully saturated rings. The number of rotatable bonds is 8. The van der Waals surface area contributed by atoms with Gasteiger partial charge in [-0.15, -0.1) is 0 Å². The molecule has 2 heterocycles. The number of imide groups is 2. The number of nitrogens with zero attached hydrogens (tertiary/aromatic N) is 2. The minimum Gasteiger partial charge on any atom is -0.481 e. The predicted molar refractivity (Wildman–Crippen MR) is 100 cm³/mol. The molecule has 0 aromatic rings. The van der Waals surface area contributed by atoms with E-state index in [-0.39, 0.29) is 13.2 Å². The lowest BCUT2D eigenvalue weighted by Gasteiger charge is -2.41. The van der Waals surface area contributed by atoms with E-state index in [1.54, 1.807) is 0 Å². The van der Waals surface area contributed by atoms with Crippen LogP contribution in [0, 0.1) is 0 Å². The van der Waals surface area contributed by atoms with E-state index in [1.165, 1.54) is 0 Å².